The average molecular weight is 400 g/mol. The molecule has 0 saturated carbocycles. The molecule has 148 valence electrons. The highest BCUT2D eigenvalue weighted by atomic mass is 35.5. The van der Waals surface area contributed by atoms with Crippen molar-refractivity contribution in [2.45, 2.75) is 13.0 Å². The Morgan fingerprint density at radius 1 is 1.44 bits per heavy atom. The maximum absolute atomic E-state index is 11.5. The third-order valence-electron chi connectivity index (χ3n) is 4.26. The molecule has 1 unspecified atom stereocenters. The number of hydrogen-bond donors (Lipinski definition) is 1. The first kappa shape index (κ1) is 20.9. The van der Waals surface area contributed by atoms with E-state index in [9.17, 15) is 10.1 Å². The number of rotatable bonds is 6. The van der Waals surface area contributed by atoms with Gasteiger partial charge in [0.2, 0.25) is 0 Å². The number of nitro groups is 1. The zero-order valence-electron chi connectivity index (χ0n) is 15.3. The molecule has 1 saturated heterocycles. The van der Waals surface area contributed by atoms with Crippen LogP contribution in [0.25, 0.3) is 11.5 Å². The monoisotopic (exact) mass is 399 g/mol. The standard InChI is InChI=1S/C16H21N5O5.ClH/c1-4-25-14-7-10(11(21(22)23)8-13(14)24-3)16-18-15(19-26-16)12-9-17-5-6-20(12)2;/h7-8,12,17H,4-6,9H2,1-3H3;1H. The van der Waals surface area contributed by atoms with Gasteiger partial charge in [-0.15, -0.1) is 12.4 Å². The molecule has 11 heteroatoms. The molecular formula is C16H22ClN5O5. The number of piperazine rings is 1. The SMILES string of the molecule is CCOc1cc(-c2nc(C3CNCCN3C)no2)c([N+](=O)[O-])cc1OC.Cl. The summed E-state index contributed by atoms with van der Waals surface area (Å²) >= 11 is 0. The summed E-state index contributed by atoms with van der Waals surface area (Å²) in [6, 6.07) is 2.75. The molecule has 3 rings (SSSR count). The second-order valence-corrected chi connectivity index (χ2v) is 5.87. The molecule has 0 amide bonds. The van der Waals surface area contributed by atoms with Crippen LogP contribution in [0.1, 0.15) is 18.8 Å². The average Bonchev–Trinajstić information content (AvgIpc) is 3.11. The molecular weight excluding hydrogens is 378 g/mol. The van der Waals surface area contributed by atoms with E-state index in [2.05, 4.69) is 20.4 Å². The van der Waals surface area contributed by atoms with Crippen LogP contribution in [0.4, 0.5) is 5.69 Å². The predicted octanol–water partition coefficient (Wildman–Crippen LogP) is 2.05. The molecule has 1 aromatic heterocycles. The number of nitrogens with one attached hydrogen (secondary N) is 1. The van der Waals surface area contributed by atoms with E-state index < -0.39 is 4.92 Å². The van der Waals surface area contributed by atoms with Crippen LogP contribution < -0.4 is 14.8 Å². The molecule has 1 fully saturated rings. The molecule has 0 radical (unpaired) electrons. The first-order valence-corrected chi connectivity index (χ1v) is 8.29. The molecule has 1 atom stereocenters. The van der Waals surface area contributed by atoms with Crippen molar-refractivity contribution in [3.63, 3.8) is 0 Å². The van der Waals surface area contributed by atoms with E-state index in [-0.39, 0.29) is 41.3 Å². The first-order chi connectivity index (χ1) is 12.5. The largest absolute Gasteiger partial charge is 0.493 e. The van der Waals surface area contributed by atoms with Gasteiger partial charge in [0.05, 0.1) is 30.7 Å². The number of halogens is 1. The Hall–Kier alpha value is -2.43. The maximum atomic E-state index is 11.5. The summed E-state index contributed by atoms with van der Waals surface area (Å²) < 4.78 is 16.0. The molecule has 1 aliphatic heterocycles. The van der Waals surface area contributed by atoms with Gasteiger partial charge < -0.3 is 19.3 Å². The molecule has 1 N–H and O–H groups in total. The number of ether oxygens (including phenoxy) is 2. The van der Waals surface area contributed by atoms with Crippen molar-refractivity contribution in [2.75, 3.05) is 40.4 Å². The van der Waals surface area contributed by atoms with Crippen molar-refractivity contribution < 1.29 is 18.9 Å². The molecule has 0 bridgehead atoms. The van der Waals surface area contributed by atoms with Crippen molar-refractivity contribution in [1.82, 2.24) is 20.4 Å². The predicted molar refractivity (Wildman–Crippen MR) is 99.6 cm³/mol. The molecule has 2 heterocycles. The van der Waals surface area contributed by atoms with E-state index in [1.807, 2.05) is 14.0 Å². The summed E-state index contributed by atoms with van der Waals surface area (Å²) in [5.74, 6) is 1.22. The summed E-state index contributed by atoms with van der Waals surface area (Å²) in [6.07, 6.45) is 0. The van der Waals surface area contributed by atoms with Gasteiger partial charge in [0.25, 0.3) is 11.6 Å². The zero-order valence-corrected chi connectivity index (χ0v) is 16.1. The van der Waals surface area contributed by atoms with E-state index in [0.29, 0.717) is 24.7 Å². The van der Waals surface area contributed by atoms with Crippen LogP contribution in [0, 0.1) is 10.1 Å². The second-order valence-electron chi connectivity index (χ2n) is 5.87. The maximum Gasteiger partial charge on any atom is 0.286 e. The van der Waals surface area contributed by atoms with Gasteiger partial charge in [-0.05, 0) is 14.0 Å². The van der Waals surface area contributed by atoms with Gasteiger partial charge in [0.15, 0.2) is 17.3 Å². The van der Waals surface area contributed by atoms with Crippen LogP contribution in [0.3, 0.4) is 0 Å². The van der Waals surface area contributed by atoms with Gasteiger partial charge in [0.1, 0.15) is 5.56 Å². The first-order valence-electron chi connectivity index (χ1n) is 8.29. The fourth-order valence-corrected chi connectivity index (χ4v) is 2.87. The quantitative estimate of drug-likeness (QED) is 0.575. The number of likely N-dealkylation sites (N-methyl/N-ethyl adjacent to an activating group) is 1. The summed E-state index contributed by atoms with van der Waals surface area (Å²) in [5, 5.41) is 18.8. The third kappa shape index (κ3) is 4.29. The van der Waals surface area contributed by atoms with Crippen LogP contribution in [0.15, 0.2) is 16.7 Å². The summed E-state index contributed by atoms with van der Waals surface area (Å²) in [6.45, 7) is 4.63. The van der Waals surface area contributed by atoms with Crippen molar-refractivity contribution >= 4 is 18.1 Å². The number of nitrogens with zero attached hydrogens (tertiary/aromatic N) is 4. The van der Waals surface area contributed by atoms with Crippen LogP contribution in [0.2, 0.25) is 0 Å². The summed E-state index contributed by atoms with van der Waals surface area (Å²) in [4.78, 5) is 17.5. The Morgan fingerprint density at radius 3 is 2.85 bits per heavy atom. The Kier molecular flexibility index (Phi) is 6.94. The van der Waals surface area contributed by atoms with E-state index >= 15 is 0 Å². The topological polar surface area (TPSA) is 116 Å². The smallest absolute Gasteiger partial charge is 0.286 e. The molecule has 0 aliphatic carbocycles. The molecule has 0 spiro atoms. The lowest BCUT2D eigenvalue weighted by molar-refractivity contribution is -0.384. The Morgan fingerprint density at radius 2 is 2.22 bits per heavy atom. The van der Waals surface area contributed by atoms with Crippen LogP contribution in [-0.4, -0.2) is 60.4 Å². The van der Waals surface area contributed by atoms with E-state index in [0.717, 1.165) is 13.1 Å². The lowest BCUT2D eigenvalue weighted by Crippen LogP contribution is -2.44. The normalized spacial score (nSPS) is 17.2. The highest BCUT2D eigenvalue weighted by molar-refractivity contribution is 5.85. The van der Waals surface area contributed by atoms with Gasteiger partial charge in [0, 0.05) is 25.7 Å². The number of benzene rings is 1. The fraction of sp³-hybridized carbons (Fsp3) is 0.500. The lowest BCUT2D eigenvalue weighted by atomic mass is 10.1. The molecule has 1 aromatic carbocycles. The third-order valence-corrected chi connectivity index (χ3v) is 4.26. The summed E-state index contributed by atoms with van der Waals surface area (Å²) in [7, 11) is 3.41. The number of hydrogen-bond acceptors (Lipinski definition) is 9. The zero-order chi connectivity index (χ0) is 18.7. The van der Waals surface area contributed by atoms with E-state index in [4.69, 9.17) is 14.0 Å². The minimum absolute atomic E-state index is 0. The molecule has 10 nitrogen and oxygen atoms in total. The van der Waals surface area contributed by atoms with E-state index in [1.54, 1.807) is 0 Å². The molecule has 1 aliphatic rings. The van der Waals surface area contributed by atoms with Crippen molar-refractivity contribution in [3.05, 3.63) is 28.1 Å². The molecule has 2 aromatic rings. The Labute approximate surface area is 162 Å². The van der Waals surface area contributed by atoms with E-state index in [1.165, 1.54) is 19.2 Å². The van der Waals surface area contributed by atoms with Crippen molar-refractivity contribution in [3.8, 4) is 23.0 Å². The summed E-state index contributed by atoms with van der Waals surface area (Å²) in [5.41, 5.74) is 0.0139. The van der Waals surface area contributed by atoms with Gasteiger partial charge in [-0.3, -0.25) is 15.0 Å². The Bertz CT molecular complexity index is 800. The minimum atomic E-state index is -0.508. The van der Waals surface area contributed by atoms with Gasteiger partial charge >= 0.3 is 0 Å². The number of methoxy groups -OCH3 is 1. The van der Waals surface area contributed by atoms with Crippen LogP contribution in [-0.2, 0) is 0 Å². The highest BCUT2D eigenvalue weighted by Crippen LogP contribution is 2.39. The highest BCUT2D eigenvalue weighted by Gasteiger charge is 2.29. The van der Waals surface area contributed by atoms with Crippen LogP contribution >= 0.6 is 12.4 Å². The fourth-order valence-electron chi connectivity index (χ4n) is 2.87. The lowest BCUT2D eigenvalue weighted by Gasteiger charge is -2.30. The van der Waals surface area contributed by atoms with Crippen LogP contribution in [0.5, 0.6) is 11.5 Å². The Balaban J connectivity index is 0.00000261. The van der Waals surface area contributed by atoms with Crippen molar-refractivity contribution in [2.24, 2.45) is 0 Å². The molecule has 27 heavy (non-hydrogen) atoms. The minimum Gasteiger partial charge on any atom is -0.493 e. The van der Waals surface area contributed by atoms with Crippen molar-refractivity contribution in [1.29, 1.82) is 0 Å². The van der Waals surface area contributed by atoms with Gasteiger partial charge in [-0.1, -0.05) is 5.16 Å². The second kappa shape index (κ2) is 8.98. The van der Waals surface area contributed by atoms with Gasteiger partial charge in [-0.25, -0.2) is 0 Å². The number of nitro benzene ring substituents is 1. The number of aromatic nitrogens is 2. The van der Waals surface area contributed by atoms with Gasteiger partial charge in [-0.2, -0.15) is 4.98 Å².